The maximum absolute atomic E-state index is 12.5. The van der Waals surface area contributed by atoms with Crippen LogP contribution >= 0.6 is 11.3 Å². The molecule has 142 valence electrons. The molecule has 7 nitrogen and oxygen atoms in total. The van der Waals surface area contributed by atoms with Crippen LogP contribution in [0.2, 0.25) is 0 Å². The number of hydrogen-bond acceptors (Lipinski definition) is 7. The van der Waals surface area contributed by atoms with Crippen molar-refractivity contribution >= 4 is 27.5 Å². The third-order valence-corrected chi connectivity index (χ3v) is 4.97. The standard InChI is InChI=1S/C18H25N3O4S/c1-5-7-21(9-11(3)22)10-13-19-16(23)14-12(4)15(26-17(14)20-13)18(24)25-8-6-2/h6,11,22H,2,5,7-10H2,1,3-4H3,(H,19,20,23). The lowest BCUT2D eigenvalue weighted by molar-refractivity contribution is 0.0554. The molecule has 0 saturated heterocycles. The lowest BCUT2D eigenvalue weighted by atomic mass is 10.2. The number of H-pyrrole nitrogens is 1. The molecule has 2 aromatic heterocycles. The van der Waals surface area contributed by atoms with Crippen LogP contribution in [0.1, 0.15) is 41.3 Å². The van der Waals surface area contributed by atoms with Crippen LogP contribution in [0.25, 0.3) is 10.2 Å². The largest absolute Gasteiger partial charge is 0.457 e. The Hall–Kier alpha value is -2.03. The summed E-state index contributed by atoms with van der Waals surface area (Å²) in [5, 5.41) is 10.1. The molecule has 1 atom stereocenters. The van der Waals surface area contributed by atoms with E-state index in [0.29, 0.717) is 39.6 Å². The summed E-state index contributed by atoms with van der Waals surface area (Å²) < 4.78 is 5.08. The zero-order valence-electron chi connectivity index (χ0n) is 15.4. The van der Waals surface area contributed by atoms with Gasteiger partial charge in [0.05, 0.1) is 18.0 Å². The van der Waals surface area contributed by atoms with Crippen LogP contribution in [-0.2, 0) is 11.3 Å². The number of rotatable bonds is 9. The first-order valence-electron chi connectivity index (χ1n) is 8.58. The van der Waals surface area contributed by atoms with Crippen LogP contribution in [-0.4, -0.2) is 51.7 Å². The molecular formula is C18H25N3O4S. The second-order valence-corrected chi connectivity index (χ2v) is 7.22. The molecule has 0 aliphatic carbocycles. The van der Waals surface area contributed by atoms with Crippen molar-refractivity contribution in [1.82, 2.24) is 14.9 Å². The highest BCUT2D eigenvalue weighted by atomic mass is 32.1. The van der Waals surface area contributed by atoms with Gasteiger partial charge in [-0.3, -0.25) is 9.69 Å². The molecule has 0 aromatic carbocycles. The topological polar surface area (TPSA) is 95.5 Å². The SMILES string of the molecule is C=CCOC(=O)c1sc2nc(CN(CCC)CC(C)O)[nH]c(=O)c2c1C. The molecule has 1 unspecified atom stereocenters. The minimum Gasteiger partial charge on any atom is -0.457 e. The molecule has 0 spiro atoms. The third kappa shape index (κ3) is 4.78. The Bertz CT molecular complexity index is 841. The fraction of sp³-hybridized carbons (Fsp3) is 0.500. The highest BCUT2D eigenvalue weighted by Gasteiger charge is 2.20. The molecule has 0 fully saturated rings. The first-order chi connectivity index (χ1) is 12.4. The van der Waals surface area contributed by atoms with Crippen LogP contribution in [0, 0.1) is 6.92 Å². The van der Waals surface area contributed by atoms with Crippen molar-refractivity contribution in [2.75, 3.05) is 19.7 Å². The van der Waals surface area contributed by atoms with Crippen LogP contribution < -0.4 is 5.56 Å². The number of thiophene rings is 1. The van der Waals surface area contributed by atoms with E-state index < -0.39 is 12.1 Å². The van der Waals surface area contributed by atoms with Crippen LogP contribution in [0.4, 0.5) is 0 Å². The Balaban J connectivity index is 2.35. The summed E-state index contributed by atoms with van der Waals surface area (Å²) in [6.07, 6.45) is 1.96. The zero-order chi connectivity index (χ0) is 19.3. The molecule has 2 N–H and O–H groups in total. The Morgan fingerprint density at radius 1 is 1.54 bits per heavy atom. The van der Waals surface area contributed by atoms with Gasteiger partial charge >= 0.3 is 5.97 Å². The Morgan fingerprint density at radius 2 is 2.27 bits per heavy atom. The highest BCUT2D eigenvalue weighted by Crippen LogP contribution is 2.27. The number of aromatic nitrogens is 2. The number of aryl methyl sites for hydroxylation is 1. The fourth-order valence-electron chi connectivity index (χ4n) is 2.79. The summed E-state index contributed by atoms with van der Waals surface area (Å²) >= 11 is 1.16. The maximum atomic E-state index is 12.5. The third-order valence-electron chi connectivity index (χ3n) is 3.80. The molecule has 26 heavy (non-hydrogen) atoms. The van der Waals surface area contributed by atoms with Crippen LogP contribution in [0.5, 0.6) is 0 Å². The predicted octanol–water partition coefficient (Wildman–Crippen LogP) is 2.23. The Morgan fingerprint density at radius 3 is 2.88 bits per heavy atom. The number of hydrogen-bond donors (Lipinski definition) is 2. The number of fused-ring (bicyclic) bond motifs is 1. The number of esters is 1. The van der Waals surface area contributed by atoms with E-state index >= 15 is 0 Å². The molecule has 2 aromatic rings. The first-order valence-corrected chi connectivity index (χ1v) is 9.39. The van der Waals surface area contributed by atoms with E-state index in [4.69, 9.17) is 4.74 Å². The van der Waals surface area contributed by atoms with Gasteiger partial charge in [0.2, 0.25) is 0 Å². The van der Waals surface area contributed by atoms with E-state index in [1.54, 1.807) is 13.8 Å². The minimum absolute atomic E-state index is 0.118. The number of aliphatic hydroxyl groups is 1. The zero-order valence-corrected chi connectivity index (χ0v) is 16.2. The molecule has 0 radical (unpaired) electrons. The predicted molar refractivity (Wildman–Crippen MR) is 103 cm³/mol. The molecule has 0 amide bonds. The Labute approximate surface area is 156 Å². The normalized spacial score (nSPS) is 12.5. The average molecular weight is 379 g/mol. The number of carbonyl (C=O) groups excluding carboxylic acids is 1. The summed E-state index contributed by atoms with van der Waals surface area (Å²) in [6.45, 7) is 10.8. The molecule has 0 saturated carbocycles. The van der Waals surface area contributed by atoms with Crippen molar-refractivity contribution in [3.8, 4) is 0 Å². The molecule has 8 heteroatoms. The van der Waals surface area contributed by atoms with Crippen molar-refractivity contribution < 1.29 is 14.6 Å². The summed E-state index contributed by atoms with van der Waals surface area (Å²) in [4.78, 5) is 34.9. The molecule has 2 heterocycles. The van der Waals surface area contributed by atoms with Gasteiger partial charge in [0, 0.05) is 6.54 Å². The van der Waals surface area contributed by atoms with Gasteiger partial charge in [-0.2, -0.15) is 0 Å². The average Bonchev–Trinajstić information content (AvgIpc) is 2.89. The number of aliphatic hydroxyl groups excluding tert-OH is 1. The number of aromatic amines is 1. The first kappa shape index (κ1) is 20.3. The van der Waals surface area contributed by atoms with Crippen molar-refractivity contribution in [3.05, 3.63) is 39.3 Å². The van der Waals surface area contributed by atoms with Crippen molar-refractivity contribution in [1.29, 1.82) is 0 Å². The summed E-state index contributed by atoms with van der Waals surface area (Å²) in [6, 6.07) is 0. The molecule has 0 aliphatic heterocycles. The second-order valence-electron chi connectivity index (χ2n) is 6.22. The van der Waals surface area contributed by atoms with E-state index in [1.165, 1.54) is 6.08 Å². The quantitative estimate of drug-likeness (QED) is 0.512. The van der Waals surface area contributed by atoms with Gasteiger partial charge in [-0.15, -0.1) is 11.3 Å². The number of nitrogens with zero attached hydrogens (tertiary/aromatic N) is 2. The van der Waals surface area contributed by atoms with Gasteiger partial charge in [-0.05, 0) is 32.4 Å². The molecule has 0 bridgehead atoms. The number of ether oxygens (including phenoxy) is 1. The smallest absolute Gasteiger partial charge is 0.348 e. The van der Waals surface area contributed by atoms with Gasteiger partial charge in [-0.25, -0.2) is 9.78 Å². The fourth-order valence-corrected chi connectivity index (χ4v) is 3.89. The highest BCUT2D eigenvalue weighted by molar-refractivity contribution is 7.20. The number of carbonyl (C=O) groups is 1. The minimum atomic E-state index is -0.479. The van der Waals surface area contributed by atoms with Gasteiger partial charge in [0.1, 0.15) is 22.1 Å². The van der Waals surface area contributed by atoms with E-state index in [1.807, 2.05) is 4.90 Å². The number of nitrogens with one attached hydrogen (secondary N) is 1. The van der Waals surface area contributed by atoms with Gasteiger partial charge in [0.25, 0.3) is 5.56 Å². The van der Waals surface area contributed by atoms with E-state index in [2.05, 4.69) is 23.5 Å². The van der Waals surface area contributed by atoms with Gasteiger partial charge < -0.3 is 14.8 Å². The van der Waals surface area contributed by atoms with E-state index in [0.717, 1.165) is 24.3 Å². The van der Waals surface area contributed by atoms with Crippen LogP contribution in [0.15, 0.2) is 17.4 Å². The van der Waals surface area contributed by atoms with Gasteiger partial charge in [-0.1, -0.05) is 19.6 Å². The molecule has 0 aliphatic rings. The summed E-state index contributed by atoms with van der Waals surface area (Å²) in [7, 11) is 0. The van der Waals surface area contributed by atoms with Crippen molar-refractivity contribution in [2.45, 2.75) is 39.8 Å². The lowest BCUT2D eigenvalue weighted by Crippen LogP contribution is -2.32. The van der Waals surface area contributed by atoms with E-state index in [-0.39, 0.29) is 12.2 Å². The Kier molecular flexibility index (Phi) is 7.07. The summed E-state index contributed by atoms with van der Waals surface area (Å²) in [5.41, 5.74) is 0.309. The monoisotopic (exact) mass is 379 g/mol. The van der Waals surface area contributed by atoms with Crippen molar-refractivity contribution in [3.63, 3.8) is 0 Å². The molecular weight excluding hydrogens is 354 g/mol. The van der Waals surface area contributed by atoms with Gasteiger partial charge in [0.15, 0.2) is 0 Å². The maximum Gasteiger partial charge on any atom is 0.348 e. The van der Waals surface area contributed by atoms with E-state index in [9.17, 15) is 14.7 Å². The van der Waals surface area contributed by atoms with Crippen LogP contribution in [0.3, 0.4) is 0 Å². The lowest BCUT2D eigenvalue weighted by Gasteiger charge is -2.22. The second kappa shape index (κ2) is 9.07. The van der Waals surface area contributed by atoms with Crippen molar-refractivity contribution in [2.24, 2.45) is 0 Å². The summed E-state index contributed by atoms with van der Waals surface area (Å²) in [5.74, 6) is 0.0388. The molecule has 2 rings (SSSR count).